The molecule has 2 rings (SSSR count). The number of carbonyl (C=O) groups is 2. The first-order valence-electron chi connectivity index (χ1n) is 7.80. The van der Waals surface area contributed by atoms with E-state index in [-0.39, 0.29) is 17.8 Å². The Morgan fingerprint density at radius 1 is 1.23 bits per heavy atom. The zero-order valence-corrected chi connectivity index (χ0v) is 12.8. The summed E-state index contributed by atoms with van der Waals surface area (Å²) in [5.74, 6) is -0.0322. The van der Waals surface area contributed by atoms with E-state index in [9.17, 15) is 9.59 Å². The number of guanidine groups is 1. The molecule has 0 aromatic rings. The van der Waals surface area contributed by atoms with Crippen LogP contribution in [0.5, 0.6) is 0 Å². The van der Waals surface area contributed by atoms with Gasteiger partial charge in [-0.05, 0) is 31.6 Å². The minimum absolute atomic E-state index is 0.103. The van der Waals surface area contributed by atoms with Gasteiger partial charge in [0.25, 0.3) is 0 Å². The van der Waals surface area contributed by atoms with Crippen LogP contribution in [0.25, 0.3) is 0 Å². The summed E-state index contributed by atoms with van der Waals surface area (Å²) >= 11 is 0. The summed E-state index contributed by atoms with van der Waals surface area (Å²) in [6, 6.07) is -0.447. The molecule has 0 aliphatic carbocycles. The van der Waals surface area contributed by atoms with Crippen molar-refractivity contribution in [3.05, 3.63) is 0 Å². The number of piperidine rings is 1. The van der Waals surface area contributed by atoms with Gasteiger partial charge in [-0.2, -0.15) is 0 Å². The molecule has 2 heterocycles. The molecule has 22 heavy (non-hydrogen) atoms. The Morgan fingerprint density at radius 3 is 2.50 bits per heavy atom. The van der Waals surface area contributed by atoms with Gasteiger partial charge < -0.3 is 26.0 Å². The van der Waals surface area contributed by atoms with Crippen molar-refractivity contribution in [3.63, 3.8) is 0 Å². The molecule has 0 aromatic heterocycles. The Labute approximate surface area is 130 Å². The molecule has 8 nitrogen and oxygen atoms in total. The van der Waals surface area contributed by atoms with Gasteiger partial charge in [0, 0.05) is 26.2 Å². The lowest BCUT2D eigenvalue weighted by Crippen LogP contribution is -2.49. The van der Waals surface area contributed by atoms with E-state index in [0.29, 0.717) is 25.4 Å². The van der Waals surface area contributed by atoms with Gasteiger partial charge >= 0.3 is 0 Å². The number of hydrogen-bond acceptors (Lipinski definition) is 4. The molecule has 2 saturated heterocycles. The average Bonchev–Trinajstić information content (AvgIpc) is 3.01. The monoisotopic (exact) mass is 311 g/mol. The lowest BCUT2D eigenvalue weighted by molar-refractivity contribution is -0.140. The zero-order valence-electron chi connectivity index (χ0n) is 12.8. The van der Waals surface area contributed by atoms with Crippen LogP contribution in [-0.2, 0) is 9.59 Å². The molecular weight excluding hydrogens is 286 g/mol. The average molecular weight is 311 g/mol. The van der Waals surface area contributed by atoms with Crippen molar-refractivity contribution in [1.82, 2.24) is 15.1 Å². The first kappa shape index (κ1) is 16.5. The molecular formula is C14H25N5O3. The van der Waals surface area contributed by atoms with Gasteiger partial charge in [0.2, 0.25) is 11.8 Å². The molecule has 0 aromatic carbocycles. The van der Waals surface area contributed by atoms with Crippen LogP contribution in [0.1, 0.15) is 25.7 Å². The maximum Gasteiger partial charge on any atom is 0.248 e. The third-order valence-corrected chi connectivity index (χ3v) is 4.53. The second-order valence-electron chi connectivity index (χ2n) is 5.96. The first-order chi connectivity index (χ1) is 10.5. The molecule has 2 fully saturated rings. The highest BCUT2D eigenvalue weighted by molar-refractivity contribution is 5.88. The fraction of sp³-hybridized carbons (Fsp3) is 0.786. The summed E-state index contributed by atoms with van der Waals surface area (Å²) < 4.78 is 0. The van der Waals surface area contributed by atoms with Crippen LogP contribution in [0.15, 0.2) is 0 Å². The number of carbonyl (C=O) groups excluding carboxylic acids is 2. The van der Waals surface area contributed by atoms with E-state index in [0.717, 1.165) is 32.4 Å². The van der Waals surface area contributed by atoms with E-state index >= 15 is 0 Å². The number of nitrogens with two attached hydrogens (primary N) is 1. The van der Waals surface area contributed by atoms with Gasteiger partial charge in [0.05, 0.1) is 0 Å². The predicted molar refractivity (Wildman–Crippen MR) is 81.0 cm³/mol. The number of rotatable bonds is 4. The van der Waals surface area contributed by atoms with Gasteiger partial charge in [0.1, 0.15) is 12.6 Å². The van der Waals surface area contributed by atoms with Crippen molar-refractivity contribution in [2.45, 2.75) is 31.7 Å². The maximum absolute atomic E-state index is 12.2. The fourth-order valence-electron chi connectivity index (χ4n) is 3.17. The first-order valence-corrected chi connectivity index (χ1v) is 7.80. The summed E-state index contributed by atoms with van der Waals surface area (Å²) in [5, 5.41) is 19.3. The fourth-order valence-corrected chi connectivity index (χ4v) is 3.17. The normalized spacial score (nSPS) is 22.7. The summed E-state index contributed by atoms with van der Waals surface area (Å²) in [5.41, 5.74) is 5.46. The number of aliphatic hydroxyl groups excluding tert-OH is 1. The number of nitrogens with zero attached hydrogens (tertiary/aromatic N) is 2. The van der Waals surface area contributed by atoms with Crippen LogP contribution in [0, 0.1) is 11.3 Å². The molecule has 0 saturated carbocycles. The molecule has 1 unspecified atom stereocenters. The Balaban J connectivity index is 1.76. The van der Waals surface area contributed by atoms with E-state index in [2.05, 4.69) is 5.32 Å². The Morgan fingerprint density at radius 2 is 1.91 bits per heavy atom. The van der Waals surface area contributed by atoms with Gasteiger partial charge in [-0.25, -0.2) is 0 Å². The number of aliphatic hydroxyl groups is 1. The topological polar surface area (TPSA) is 123 Å². The van der Waals surface area contributed by atoms with E-state index < -0.39 is 12.6 Å². The molecule has 5 N–H and O–H groups in total. The van der Waals surface area contributed by atoms with Crippen molar-refractivity contribution < 1.29 is 14.7 Å². The van der Waals surface area contributed by atoms with Crippen molar-refractivity contribution >= 4 is 17.8 Å². The second-order valence-corrected chi connectivity index (χ2v) is 5.96. The molecule has 8 heteroatoms. The lowest BCUT2D eigenvalue weighted by Gasteiger charge is -2.32. The van der Waals surface area contributed by atoms with E-state index in [1.165, 1.54) is 4.90 Å². The summed E-state index contributed by atoms with van der Waals surface area (Å²) in [6.07, 6.45) is 3.23. The van der Waals surface area contributed by atoms with Crippen LogP contribution in [0.2, 0.25) is 0 Å². The van der Waals surface area contributed by atoms with Crippen molar-refractivity contribution in [1.29, 1.82) is 5.41 Å². The SMILES string of the molecule is N=C(N)N1CCC(CNC(=O)C2CCCN2C(=O)CO)CC1. The summed E-state index contributed by atoms with van der Waals surface area (Å²) in [7, 11) is 0. The standard InChI is InChI=1S/C14H25N5O3/c15-14(16)18-6-3-10(4-7-18)8-17-13(22)11-2-1-5-19(11)12(21)9-20/h10-11,20H,1-9H2,(H3,15,16)(H,17,22). The lowest BCUT2D eigenvalue weighted by atomic mass is 9.97. The largest absolute Gasteiger partial charge is 0.387 e. The molecule has 0 spiro atoms. The number of amides is 2. The van der Waals surface area contributed by atoms with Gasteiger partial charge in [-0.15, -0.1) is 0 Å². The van der Waals surface area contributed by atoms with E-state index in [1.54, 1.807) is 0 Å². The quantitative estimate of drug-likeness (QED) is 0.379. The zero-order chi connectivity index (χ0) is 16.1. The maximum atomic E-state index is 12.2. The molecule has 2 aliphatic rings. The minimum atomic E-state index is -0.548. The summed E-state index contributed by atoms with van der Waals surface area (Å²) in [4.78, 5) is 27.1. The molecule has 0 radical (unpaired) electrons. The highest BCUT2D eigenvalue weighted by atomic mass is 16.3. The van der Waals surface area contributed by atoms with Crippen molar-refractivity contribution in [3.8, 4) is 0 Å². The minimum Gasteiger partial charge on any atom is -0.387 e. The molecule has 124 valence electrons. The van der Waals surface area contributed by atoms with Crippen molar-refractivity contribution in [2.75, 3.05) is 32.8 Å². The third kappa shape index (κ3) is 3.88. The van der Waals surface area contributed by atoms with Gasteiger partial charge in [0.15, 0.2) is 5.96 Å². The second kappa shape index (κ2) is 7.44. The van der Waals surface area contributed by atoms with E-state index in [4.69, 9.17) is 16.2 Å². The molecule has 0 bridgehead atoms. The number of nitrogens with one attached hydrogen (secondary N) is 2. The summed E-state index contributed by atoms with van der Waals surface area (Å²) in [6.45, 7) is 2.06. The molecule has 2 aliphatic heterocycles. The van der Waals surface area contributed by atoms with Gasteiger partial charge in [-0.3, -0.25) is 15.0 Å². The van der Waals surface area contributed by atoms with E-state index in [1.807, 2.05) is 4.90 Å². The molecule has 1 atom stereocenters. The Kier molecular flexibility index (Phi) is 5.59. The van der Waals surface area contributed by atoms with Crippen LogP contribution in [-0.4, -0.2) is 71.5 Å². The van der Waals surface area contributed by atoms with Crippen LogP contribution >= 0.6 is 0 Å². The van der Waals surface area contributed by atoms with Crippen molar-refractivity contribution in [2.24, 2.45) is 11.7 Å². The third-order valence-electron chi connectivity index (χ3n) is 4.53. The van der Waals surface area contributed by atoms with Gasteiger partial charge in [-0.1, -0.05) is 0 Å². The predicted octanol–water partition coefficient (Wildman–Crippen LogP) is -1.31. The Bertz CT molecular complexity index is 434. The number of likely N-dealkylation sites (tertiary alicyclic amines) is 2. The molecule has 2 amide bonds. The number of hydrogen-bond donors (Lipinski definition) is 4. The highest BCUT2D eigenvalue weighted by Gasteiger charge is 2.33. The smallest absolute Gasteiger partial charge is 0.248 e. The Hall–Kier alpha value is -1.83. The highest BCUT2D eigenvalue weighted by Crippen LogP contribution is 2.19. The van der Waals surface area contributed by atoms with Crippen LogP contribution in [0.4, 0.5) is 0 Å². The van der Waals surface area contributed by atoms with Crippen LogP contribution < -0.4 is 11.1 Å². The van der Waals surface area contributed by atoms with Crippen LogP contribution in [0.3, 0.4) is 0 Å².